The van der Waals surface area contributed by atoms with Gasteiger partial charge in [0.2, 0.25) is 11.7 Å². The lowest BCUT2D eigenvalue weighted by Gasteiger charge is -2.16. The molecule has 1 fully saturated rings. The number of fused-ring (bicyclic) bond motifs is 1. The van der Waals surface area contributed by atoms with Crippen LogP contribution in [0.2, 0.25) is 0 Å². The third-order valence-corrected chi connectivity index (χ3v) is 5.12. The van der Waals surface area contributed by atoms with Gasteiger partial charge in [0, 0.05) is 6.07 Å². The fourth-order valence-corrected chi connectivity index (χ4v) is 3.57. The molecule has 3 aromatic rings. The second-order valence-electron chi connectivity index (χ2n) is 7.18. The van der Waals surface area contributed by atoms with E-state index < -0.39 is 74.3 Å². The molecule has 2 aromatic heterocycles. The Kier molecular flexibility index (Phi) is 5.72. The maximum absolute atomic E-state index is 12.0. The van der Waals surface area contributed by atoms with Gasteiger partial charge < -0.3 is 25.4 Å². The Hall–Kier alpha value is -4.75. The van der Waals surface area contributed by atoms with Gasteiger partial charge in [-0.05, 0) is 6.07 Å². The van der Waals surface area contributed by atoms with Crippen molar-refractivity contribution in [3.8, 4) is 5.75 Å². The lowest BCUT2D eigenvalue weighted by Crippen LogP contribution is -2.34. The molecule has 0 bridgehead atoms. The Morgan fingerprint density at radius 1 is 1.11 bits per heavy atom. The number of aromatic nitrogens is 4. The van der Waals surface area contributed by atoms with Gasteiger partial charge in [0.1, 0.15) is 24.9 Å². The molecule has 0 unspecified atom stereocenters. The van der Waals surface area contributed by atoms with Crippen LogP contribution in [0.1, 0.15) is 6.23 Å². The molecule has 1 saturated heterocycles. The third kappa shape index (κ3) is 3.94. The number of ether oxygens (including phenoxy) is 2. The van der Waals surface area contributed by atoms with Crippen LogP contribution >= 0.6 is 0 Å². The van der Waals surface area contributed by atoms with Crippen molar-refractivity contribution < 1.29 is 34.5 Å². The van der Waals surface area contributed by atoms with Crippen molar-refractivity contribution in [2.45, 2.75) is 24.5 Å². The summed E-state index contributed by atoms with van der Waals surface area (Å²) >= 11 is 0. The smallest absolute Gasteiger partial charge is 0.426 e. The summed E-state index contributed by atoms with van der Waals surface area (Å²) in [5.74, 6) is -0.945. The minimum absolute atomic E-state index is 0.0642. The first-order valence-corrected chi connectivity index (χ1v) is 9.48. The van der Waals surface area contributed by atoms with E-state index in [2.05, 4.69) is 15.0 Å². The Balaban J connectivity index is 1.62. The molecule has 19 heteroatoms. The number of hydrogen-bond acceptors (Lipinski definition) is 14. The minimum Gasteiger partial charge on any atom is -0.484 e. The lowest BCUT2D eigenvalue weighted by molar-refractivity contribution is -0.441. The summed E-state index contributed by atoms with van der Waals surface area (Å²) in [6.45, 7) is -0.659. The molecule has 1 aliphatic heterocycles. The van der Waals surface area contributed by atoms with Crippen LogP contribution < -0.4 is 16.0 Å². The highest BCUT2D eigenvalue weighted by Gasteiger charge is 2.46. The third-order valence-electron chi connectivity index (χ3n) is 5.12. The van der Waals surface area contributed by atoms with Crippen LogP contribution in [-0.4, -0.2) is 69.4 Å². The summed E-state index contributed by atoms with van der Waals surface area (Å²) in [6, 6.07) is 1.45. The molecule has 1 aliphatic rings. The van der Waals surface area contributed by atoms with E-state index in [1.54, 1.807) is 0 Å². The molecule has 184 valence electrons. The van der Waals surface area contributed by atoms with Crippen molar-refractivity contribution in [3.05, 3.63) is 59.2 Å². The molecule has 0 radical (unpaired) electrons. The van der Waals surface area contributed by atoms with Gasteiger partial charge in [-0.2, -0.15) is 4.98 Å². The van der Waals surface area contributed by atoms with Gasteiger partial charge in [-0.25, -0.2) is 4.98 Å². The number of benzene rings is 1. The zero-order valence-corrected chi connectivity index (χ0v) is 17.1. The van der Waals surface area contributed by atoms with E-state index in [9.17, 15) is 45.4 Å². The topological polar surface area (TPSA) is 278 Å². The van der Waals surface area contributed by atoms with Crippen LogP contribution in [0, 0.1) is 30.3 Å². The van der Waals surface area contributed by atoms with Crippen molar-refractivity contribution in [3.63, 3.8) is 0 Å². The van der Waals surface area contributed by atoms with Gasteiger partial charge in [0.15, 0.2) is 17.4 Å². The van der Waals surface area contributed by atoms with E-state index in [1.165, 1.54) is 0 Å². The standard InChI is InChI=1S/C16H14N8O11/c17-16-19-13-8(14(27)20-16)18-4-21(13)15-12(26)11(25)7(35-15)3-34-6-2-1-5(22(28)29)9(23(30)31)10(6)24(32)33/h1-2,4,7,11-12,15,25-26H,3H2,(H3,17,19,20,27)/t7-,11-,12-,15-/m1/s1. The number of aliphatic hydroxyl groups excluding tert-OH is 2. The quantitative estimate of drug-likeness (QED) is 0.229. The van der Waals surface area contributed by atoms with Crippen molar-refractivity contribution in [1.82, 2.24) is 19.5 Å². The van der Waals surface area contributed by atoms with Gasteiger partial charge in [-0.15, -0.1) is 0 Å². The molecular weight excluding hydrogens is 480 g/mol. The van der Waals surface area contributed by atoms with E-state index in [0.29, 0.717) is 6.07 Å². The maximum atomic E-state index is 12.0. The summed E-state index contributed by atoms with van der Waals surface area (Å²) in [4.78, 5) is 52.1. The van der Waals surface area contributed by atoms with Crippen LogP contribution in [0.4, 0.5) is 23.0 Å². The molecular formula is C16H14N8O11. The van der Waals surface area contributed by atoms with Crippen LogP contribution in [0.3, 0.4) is 0 Å². The van der Waals surface area contributed by atoms with E-state index in [0.717, 1.165) is 17.0 Å². The molecule has 4 rings (SSSR count). The molecule has 5 N–H and O–H groups in total. The van der Waals surface area contributed by atoms with Crippen molar-refractivity contribution in [2.24, 2.45) is 0 Å². The number of aromatic amines is 1. The molecule has 0 aliphatic carbocycles. The van der Waals surface area contributed by atoms with Crippen LogP contribution in [0.15, 0.2) is 23.3 Å². The number of nitrogens with zero attached hydrogens (tertiary/aromatic N) is 6. The highest BCUT2D eigenvalue weighted by Crippen LogP contribution is 2.43. The largest absolute Gasteiger partial charge is 0.484 e. The molecule has 4 atom stereocenters. The summed E-state index contributed by atoms with van der Waals surface area (Å²) in [6.07, 6.45) is -4.78. The number of nitrogen functional groups attached to an aromatic ring is 1. The number of nitro groups is 3. The summed E-state index contributed by atoms with van der Waals surface area (Å²) in [5.41, 5.74) is 0.904. The number of hydrogen-bond donors (Lipinski definition) is 4. The van der Waals surface area contributed by atoms with Gasteiger partial charge in [-0.3, -0.25) is 44.7 Å². The number of H-pyrrole nitrogens is 1. The minimum atomic E-state index is -1.62. The van der Waals surface area contributed by atoms with Gasteiger partial charge >= 0.3 is 17.1 Å². The Morgan fingerprint density at radius 2 is 1.80 bits per heavy atom. The number of nitro benzene ring substituents is 3. The molecule has 0 spiro atoms. The number of nitrogens with one attached hydrogen (secondary N) is 1. The van der Waals surface area contributed by atoms with E-state index in [4.69, 9.17) is 15.2 Å². The monoisotopic (exact) mass is 494 g/mol. The first-order valence-electron chi connectivity index (χ1n) is 9.48. The summed E-state index contributed by atoms with van der Waals surface area (Å²) in [7, 11) is 0. The fourth-order valence-electron chi connectivity index (χ4n) is 3.57. The first kappa shape index (κ1) is 23.4. The van der Waals surface area contributed by atoms with Crippen LogP contribution in [-0.2, 0) is 4.74 Å². The maximum Gasteiger partial charge on any atom is 0.426 e. The number of aliphatic hydroxyl groups is 2. The second-order valence-corrected chi connectivity index (χ2v) is 7.18. The van der Waals surface area contributed by atoms with E-state index >= 15 is 0 Å². The zero-order valence-electron chi connectivity index (χ0n) is 17.1. The molecule has 0 saturated carbocycles. The second kappa shape index (κ2) is 8.55. The average molecular weight is 494 g/mol. The number of nitrogens with two attached hydrogens (primary N) is 1. The van der Waals surface area contributed by atoms with E-state index in [-0.39, 0.29) is 17.1 Å². The van der Waals surface area contributed by atoms with E-state index in [1.807, 2.05) is 0 Å². The fraction of sp³-hybridized carbons (Fsp3) is 0.312. The zero-order chi connectivity index (χ0) is 25.6. The molecule has 35 heavy (non-hydrogen) atoms. The highest BCUT2D eigenvalue weighted by molar-refractivity contribution is 5.72. The SMILES string of the molecule is Nc1nc2c(ncn2[C@@H]2O[C@H](COc3ccc([N+](=O)[O-])c([N+](=O)[O-])c3[N+](=O)[O-])[C@@H](O)[C@H]2O)c(=O)[nH]1. The molecule has 0 amide bonds. The van der Waals surface area contributed by atoms with Gasteiger partial charge in [-0.1, -0.05) is 0 Å². The summed E-state index contributed by atoms with van der Waals surface area (Å²) < 4.78 is 11.9. The number of anilines is 1. The summed E-state index contributed by atoms with van der Waals surface area (Å²) in [5, 5.41) is 54.6. The lowest BCUT2D eigenvalue weighted by atomic mass is 10.1. The molecule has 19 nitrogen and oxygen atoms in total. The predicted octanol–water partition coefficient (Wildman–Crippen LogP) is -0.875. The Morgan fingerprint density at radius 3 is 2.43 bits per heavy atom. The van der Waals surface area contributed by atoms with Crippen LogP contribution in [0.5, 0.6) is 5.75 Å². The predicted molar refractivity (Wildman–Crippen MR) is 110 cm³/mol. The Labute approximate surface area is 190 Å². The van der Waals surface area contributed by atoms with Crippen molar-refractivity contribution in [1.29, 1.82) is 0 Å². The normalized spacial score (nSPS) is 21.8. The van der Waals surface area contributed by atoms with Gasteiger partial charge in [0.25, 0.3) is 5.56 Å². The first-order chi connectivity index (χ1) is 16.5. The van der Waals surface area contributed by atoms with Crippen LogP contribution in [0.25, 0.3) is 11.2 Å². The Bertz CT molecular complexity index is 1420. The molecule has 1 aromatic carbocycles. The molecule has 3 heterocycles. The number of imidazole rings is 1. The van der Waals surface area contributed by atoms with Crippen molar-refractivity contribution in [2.75, 3.05) is 12.3 Å². The number of rotatable bonds is 7. The highest BCUT2D eigenvalue weighted by atomic mass is 16.7. The van der Waals surface area contributed by atoms with Gasteiger partial charge in [0.05, 0.1) is 21.1 Å². The average Bonchev–Trinajstić information content (AvgIpc) is 3.32. The van der Waals surface area contributed by atoms with Crippen molar-refractivity contribution >= 4 is 34.2 Å².